The van der Waals surface area contributed by atoms with E-state index in [1.807, 2.05) is 6.92 Å². The van der Waals surface area contributed by atoms with Crippen molar-refractivity contribution in [2.75, 3.05) is 7.11 Å². The number of fused-ring (bicyclic) bond motifs is 1. The summed E-state index contributed by atoms with van der Waals surface area (Å²) in [6, 6.07) is 2.94. The van der Waals surface area contributed by atoms with Crippen molar-refractivity contribution in [1.82, 2.24) is 0 Å². The molecule has 2 unspecified atom stereocenters. The van der Waals surface area contributed by atoms with Crippen molar-refractivity contribution in [2.45, 2.75) is 58.2 Å². The van der Waals surface area contributed by atoms with Gasteiger partial charge in [0.2, 0.25) is 11.6 Å². The van der Waals surface area contributed by atoms with Gasteiger partial charge in [0.25, 0.3) is 0 Å². The Morgan fingerprint density at radius 2 is 1.81 bits per heavy atom. The Hall–Kier alpha value is -2.41. The zero-order valence-electron chi connectivity index (χ0n) is 15.9. The maximum absolute atomic E-state index is 12.6. The van der Waals surface area contributed by atoms with E-state index in [9.17, 15) is 24.6 Å². The van der Waals surface area contributed by atoms with Gasteiger partial charge in [-0.1, -0.05) is 6.92 Å². The van der Waals surface area contributed by atoms with Gasteiger partial charge >= 0.3 is 5.97 Å². The molecule has 0 saturated heterocycles. The number of ether oxygens (including phenoxy) is 2. The van der Waals surface area contributed by atoms with Crippen molar-refractivity contribution in [3.8, 4) is 11.5 Å². The second-order valence-electron chi connectivity index (χ2n) is 7.00. The standard InChI is InChI=1S/C20H26O7/c1-11-7-8-16(22)19(24)15(21)6-4-5-13-9-14(26-3)10-17(23)18(13)20(25)27-12(11)2/h9-12,16,22-23H,4-8H2,1-3H3/t11-,12?,16?/m1/s1. The maximum atomic E-state index is 12.6. The molecule has 148 valence electrons. The second-order valence-corrected chi connectivity index (χ2v) is 7.00. The molecule has 0 spiro atoms. The summed E-state index contributed by atoms with van der Waals surface area (Å²) in [5.74, 6) is -2.07. The minimum Gasteiger partial charge on any atom is -0.507 e. The number of methoxy groups -OCH3 is 1. The molecule has 0 fully saturated rings. The lowest BCUT2D eigenvalue weighted by atomic mass is 9.93. The molecule has 1 aliphatic heterocycles. The van der Waals surface area contributed by atoms with Gasteiger partial charge < -0.3 is 19.7 Å². The molecule has 0 aromatic heterocycles. The fourth-order valence-electron chi connectivity index (χ4n) is 3.09. The Labute approximate surface area is 158 Å². The molecule has 27 heavy (non-hydrogen) atoms. The average molecular weight is 378 g/mol. The largest absolute Gasteiger partial charge is 0.507 e. The molecular weight excluding hydrogens is 352 g/mol. The van der Waals surface area contributed by atoms with Crippen LogP contribution in [-0.4, -0.2) is 47.1 Å². The number of aliphatic hydroxyl groups excluding tert-OH is 1. The summed E-state index contributed by atoms with van der Waals surface area (Å²) in [5, 5.41) is 20.2. The van der Waals surface area contributed by atoms with E-state index in [4.69, 9.17) is 9.47 Å². The molecule has 1 aromatic carbocycles. The lowest BCUT2D eigenvalue weighted by molar-refractivity contribution is -0.142. The van der Waals surface area contributed by atoms with E-state index < -0.39 is 29.7 Å². The first-order valence-electron chi connectivity index (χ1n) is 9.10. The number of phenolic OH excluding ortho intramolecular Hbond substituents is 1. The van der Waals surface area contributed by atoms with Crippen LogP contribution < -0.4 is 4.74 Å². The summed E-state index contributed by atoms with van der Waals surface area (Å²) < 4.78 is 10.6. The highest BCUT2D eigenvalue weighted by Crippen LogP contribution is 2.31. The third-order valence-corrected chi connectivity index (χ3v) is 5.03. The van der Waals surface area contributed by atoms with E-state index in [0.29, 0.717) is 17.7 Å². The Kier molecular flexibility index (Phi) is 6.96. The van der Waals surface area contributed by atoms with Crippen LogP contribution in [0, 0.1) is 5.92 Å². The van der Waals surface area contributed by atoms with Crippen LogP contribution in [0.3, 0.4) is 0 Å². The molecule has 7 heteroatoms. The Morgan fingerprint density at radius 3 is 2.48 bits per heavy atom. The number of aromatic hydroxyl groups is 1. The molecule has 1 heterocycles. The quantitative estimate of drug-likeness (QED) is 0.569. The molecule has 1 aliphatic rings. The number of phenols is 1. The number of benzene rings is 1. The molecule has 7 nitrogen and oxygen atoms in total. The first kappa shape index (κ1) is 20.9. The summed E-state index contributed by atoms with van der Waals surface area (Å²) in [6.45, 7) is 3.55. The highest BCUT2D eigenvalue weighted by atomic mass is 16.5. The number of carbonyl (C=O) groups is 3. The van der Waals surface area contributed by atoms with E-state index in [1.54, 1.807) is 13.0 Å². The first-order valence-corrected chi connectivity index (χ1v) is 9.10. The van der Waals surface area contributed by atoms with Crippen LogP contribution in [0.15, 0.2) is 12.1 Å². The summed E-state index contributed by atoms with van der Waals surface area (Å²) >= 11 is 0. The van der Waals surface area contributed by atoms with E-state index >= 15 is 0 Å². The normalized spacial score (nSPS) is 25.3. The van der Waals surface area contributed by atoms with Crippen LogP contribution in [0.2, 0.25) is 0 Å². The van der Waals surface area contributed by atoms with Crippen molar-refractivity contribution in [3.05, 3.63) is 23.3 Å². The smallest absolute Gasteiger partial charge is 0.342 e. The summed E-state index contributed by atoms with van der Waals surface area (Å²) in [7, 11) is 1.44. The van der Waals surface area contributed by atoms with Crippen molar-refractivity contribution in [2.24, 2.45) is 5.92 Å². The van der Waals surface area contributed by atoms with E-state index in [-0.39, 0.29) is 42.9 Å². The van der Waals surface area contributed by atoms with Gasteiger partial charge in [0.05, 0.1) is 7.11 Å². The minimum atomic E-state index is -1.33. The van der Waals surface area contributed by atoms with E-state index in [2.05, 4.69) is 0 Å². The van der Waals surface area contributed by atoms with E-state index in [1.165, 1.54) is 13.2 Å². The number of aryl methyl sites for hydroxylation is 1. The Bertz CT molecular complexity index is 725. The third kappa shape index (κ3) is 5.07. The average Bonchev–Trinajstić information content (AvgIpc) is 2.63. The number of Topliss-reactive ketones (excluding diaryl/α,β-unsaturated/α-hetero) is 2. The highest BCUT2D eigenvalue weighted by molar-refractivity contribution is 6.38. The van der Waals surface area contributed by atoms with E-state index in [0.717, 1.165) is 0 Å². The Morgan fingerprint density at radius 1 is 1.11 bits per heavy atom. The molecule has 0 radical (unpaired) electrons. The molecular formula is C20H26O7. The van der Waals surface area contributed by atoms with Crippen molar-refractivity contribution in [3.63, 3.8) is 0 Å². The number of ketones is 2. The van der Waals surface area contributed by atoms with Gasteiger partial charge in [-0.15, -0.1) is 0 Å². The molecule has 0 bridgehead atoms. The fourth-order valence-corrected chi connectivity index (χ4v) is 3.09. The van der Waals surface area contributed by atoms with Gasteiger partial charge in [0, 0.05) is 12.5 Å². The number of rotatable bonds is 1. The number of hydrogen-bond donors (Lipinski definition) is 2. The van der Waals surface area contributed by atoms with Gasteiger partial charge in [-0.2, -0.15) is 0 Å². The predicted octanol–water partition coefficient (Wildman–Crippen LogP) is 2.20. The molecule has 3 atom stereocenters. The van der Waals surface area contributed by atoms with Crippen molar-refractivity contribution >= 4 is 17.5 Å². The van der Waals surface area contributed by atoms with Gasteiger partial charge in [0.1, 0.15) is 29.3 Å². The number of hydrogen-bond acceptors (Lipinski definition) is 7. The SMILES string of the molecule is COc1cc(O)c2c(c1)CCCC(=O)C(=O)C(O)CC[C@@H](C)C(C)OC2=O. The van der Waals surface area contributed by atoms with Crippen LogP contribution in [0.5, 0.6) is 11.5 Å². The molecule has 1 aromatic rings. The van der Waals surface area contributed by atoms with Crippen LogP contribution in [0.25, 0.3) is 0 Å². The zero-order valence-corrected chi connectivity index (χ0v) is 15.9. The van der Waals surface area contributed by atoms with Gasteiger partial charge in [-0.25, -0.2) is 4.79 Å². The molecule has 0 saturated carbocycles. The minimum absolute atomic E-state index is 0.0470. The molecule has 0 amide bonds. The van der Waals surface area contributed by atoms with Gasteiger partial charge in [0.15, 0.2) is 0 Å². The second kappa shape index (κ2) is 8.99. The van der Waals surface area contributed by atoms with Crippen LogP contribution in [0.1, 0.15) is 55.5 Å². The number of aliphatic hydroxyl groups is 1. The number of esters is 1. The summed E-state index contributed by atoms with van der Waals surface area (Å²) in [6.07, 6.45) is -0.767. The predicted molar refractivity (Wildman–Crippen MR) is 96.9 cm³/mol. The molecule has 0 aliphatic carbocycles. The van der Waals surface area contributed by atoms with Crippen molar-refractivity contribution < 1.29 is 34.1 Å². The van der Waals surface area contributed by atoms with Crippen LogP contribution in [-0.2, 0) is 20.7 Å². The number of carbonyl (C=O) groups excluding carboxylic acids is 3. The lowest BCUT2D eigenvalue weighted by Gasteiger charge is -2.23. The highest BCUT2D eigenvalue weighted by Gasteiger charge is 2.28. The summed E-state index contributed by atoms with van der Waals surface area (Å²) in [5.41, 5.74) is 0.528. The van der Waals surface area contributed by atoms with Gasteiger partial charge in [-0.05, 0) is 50.2 Å². The first-order chi connectivity index (χ1) is 12.7. The topological polar surface area (TPSA) is 110 Å². The molecule has 2 N–H and O–H groups in total. The maximum Gasteiger partial charge on any atom is 0.342 e. The summed E-state index contributed by atoms with van der Waals surface area (Å²) in [4.78, 5) is 36.7. The number of cyclic esters (lactones) is 1. The van der Waals surface area contributed by atoms with Crippen LogP contribution in [0.4, 0.5) is 0 Å². The Balaban J connectivity index is 2.38. The lowest BCUT2D eigenvalue weighted by Crippen LogP contribution is -2.30. The third-order valence-electron chi connectivity index (χ3n) is 5.03. The molecule has 2 rings (SSSR count). The zero-order chi connectivity index (χ0) is 20.1. The fraction of sp³-hybridized carbons (Fsp3) is 0.550. The van der Waals surface area contributed by atoms with Gasteiger partial charge in [-0.3, -0.25) is 9.59 Å². The van der Waals surface area contributed by atoms with Crippen molar-refractivity contribution in [1.29, 1.82) is 0 Å². The van der Waals surface area contributed by atoms with Crippen LogP contribution >= 0.6 is 0 Å². The monoisotopic (exact) mass is 378 g/mol.